The smallest absolute Gasteiger partial charge is 0.230 e. The van der Waals surface area contributed by atoms with Crippen LogP contribution in [-0.2, 0) is 0 Å². The second-order valence-electron chi connectivity index (χ2n) is 3.93. The summed E-state index contributed by atoms with van der Waals surface area (Å²) in [4.78, 5) is 23.7. The molecule has 0 fully saturated rings. The van der Waals surface area contributed by atoms with Crippen LogP contribution in [0.2, 0.25) is 5.28 Å². The standard InChI is InChI=1S/C11H14ClN5O/c1-3-4-5-13-9-8-10(16-11(12)15-9)17(6-14-8)7(2)18/h6H,3-5H2,1-2H3,(H,13,15,16). The zero-order chi connectivity index (χ0) is 13.1. The molecule has 2 aromatic rings. The molecule has 2 rings (SSSR count). The monoisotopic (exact) mass is 267 g/mol. The van der Waals surface area contributed by atoms with Crippen LogP contribution in [0.25, 0.3) is 11.2 Å². The molecule has 18 heavy (non-hydrogen) atoms. The molecule has 0 aliphatic heterocycles. The Balaban J connectivity index is 2.43. The quantitative estimate of drug-likeness (QED) is 0.680. The first-order valence-corrected chi connectivity index (χ1v) is 6.16. The van der Waals surface area contributed by atoms with Gasteiger partial charge in [-0.2, -0.15) is 9.97 Å². The highest BCUT2D eigenvalue weighted by Crippen LogP contribution is 2.20. The van der Waals surface area contributed by atoms with Crippen LogP contribution in [0.5, 0.6) is 0 Å². The summed E-state index contributed by atoms with van der Waals surface area (Å²) >= 11 is 5.86. The predicted octanol–water partition coefficient (Wildman–Crippen LogP) is 2.35. The number of halogens is 1. The molecule has 0 bridgehead atoms. The van der Waals surface area contributed by atoms with Crippen molar-refractivity contribution < 1.29 is 4.79 Å². The molecular weight excluding hydrogens is 254 g/mol. The van der Waals surface area contributed by atoms with Gasteiger partial charge in [0.15, 0.2) is 17.0 Å². The summed E-state index contributed by atoms with van der Waals surface area (Å²) in [7, 11) is 0. The molecule has 0 aromatic carbocycles. The Morgan fingerprint density at radius 1 is 1.50 bits per heavy atom. The molecule has 2 aromatic heterocycles. The van der Waals surface area contributed by atoms with Crippen molar-refractivity contribution in [3.63, 3.8) is 0 Å². The molecule has 0 unspecified atom stereocenters. The highest BCUT2D eigenvalue weighted by Gasteiger charge is 2.13. The first-order valence-electron chi connectivity index (χ1n) is 5.79. The number of carbonyl (C=O) groups is 1. The van der Waals surface area contributed by atoms with Crippen LogP contribution < -0.4 is 5.32 Å². The highest BCUT2D eigenvalue weighted by molar-refractivity contribution is 6.28. The minimum absolute atomic E-state index is 0.101. The number of unbranched alkanes of at least 4 members (excludes halogenated alkanes) is 1. The summed E-state index contributed by atoms with van der Waals surface area (Å²) in [5, 5.41) is 3.26. The van der Waals surface area contributed by atoms with Crippen molar-refractivity contribution in [2.24, 2.45) is 0 Å². The average molecular weight is 268 g/mol. The zero-order valence-corrected chi connectivity index (χ0v) is 11.0. The number of carbonyl (C=O) groups excluding carboxylic acids is 1. The van der Waals surface area contributed by atoms with Crippen LogP contribution in [0.3, 0.4) is 0 Å². The van der Waals surface area contributed by atoms with Gasteiger partial charge in [0.05, 0.1) is 0 Å². The van der Waals surface area contributed by atoms with E-state index in [-0.39, 0.29) is 11.2 Å². The molecule has 0 amide bonds. The van der Waals surface area contributed by atoms with E-state index in [0.717, 1.165) is 19.4 Å². The van der Waals surface area contributed by atoms with Gasteiger partial charge in [0.1, 0.15) is 6.33 Å². The Labute approximate surface area is 109 Å². The Bertz CT molecular complexity index is 580. The van der Waals surface area contributed by atoms with E-state index in [1.165, 1.54) is 17.8 Å². The maximum absolute atomic E-state index is 11.4. The fourth-order valence-electron chi connectivity index (χ4n) is 1.61. The Hall–Kier alpha value is -1.69. The average Bonchev–Trinajstić information content (AvgIpc) is 2.72. The van der Waals surface area contributed by atoms with Gasteiger partial charge in [0.25, 0.3) is 0 Å². The summed E-state index contributed by atoms with van der Waals surface area (Å²) in [6, 6.07) is 0. The molecule has 1 N–H and O–H groups in total. The summed E-state index contributed by atoms with van der Waals surface area (Å²) in [5.74, 6) is 0.408. The Morgan fingerprint density at radius 2 is 2.28 bits per heavy atom. The molecular formula is C11H14ClN5O. The largest absolute Gasteiger partial charge is 0.368 e. The molecule has 0 saturated carbocycles. The Morgan fingerprint density at radius 3 is 2.94 bits per heavy atom. The number of nitrogens with zero attached hydrogens (tertiary/aromatic N) is 4. The molecule has 6 nitrogen and oxygen atoms in total. The second kappa shape index (κ2) is 5.30. The maximum Gasteiger partial charge on any atom is 0.230 e. The van der Waals surface area contributed by atoms with Crippen LogP contribution in [0, 0.1) is 0 Å². The van der Waals surface area contributed by atoms with E-state index in [1.54, 1.807) is 0 Å². The van der Waals surface area contributed by atoms with Gasteiger partial charge in [-0.05, 0) is 18.0 Å². The van der Waals surface area contributed by atoms with Crippen molar-refractivity contribution >= 4 is 34.5 Å². The van der Waals surface area contributed by atoms with Crippen LogP contribution >= 0.6 is 11.6 Å². The fourth-order valence-corrected chi connectivity index (χ4v) is 1.78. The highest BCUT2D eigenvalue weighted by atomic mass is 35.5. The third-order valence-electron chi connectivity index (χ3n) is 2.53. The van der Waals surface area contributed by atoms with Crippen molar-refractivity contribution in [3.05, 3.63) is 11.6 Å². The summed E-state index contributed by atoms with van der Waals surface area (Å²) in [5.41, 5.74) is 0.993. The molecule has 0 aliphatic rings. The van der Waals surface area contributed by atoms with Gasteiger partial charge >= 0.3 is 0 Å². The lowest BCUT2D eigenvalue weighted by atomic mass is 10.3. The van der Waals surface area contributed by atoms with Gasteiger partial charge in [-0.3, -0.25) is 9.36 Å². The predicted molar refractivity (Wildman–Crippen MR) is 70.0 cm³/mol. The number of hydrogen-bond acceptors (Lipinski definition) is 5. The van der Waals surface area contributed by atoms with Gasteiger partial charge in [-0.15, -0.1) is 0 Å². The van der Waals surface area contributed by atoms with Crippen molar-refractivity contribution in [3.8, 4) is 0 Å². The van der Waals surface area contributed by atoms with Crippen molar-refractivity contribution in [1.82, 2.24) is 19.5 Å². The number of anilines is 1. The van der Waals surface area contributed by atoms with Crippen LogP contribution in [0.1, 0.15) is 31.5 Å². The zero-order valence-electron chi connectivity index (χ0n) is 10.3. The molecule has 0 radical (unpaired) electrons. The number of rotatable bonds is 4. The van der Waals surface area contributed by atoms with E-state index in [0.29, 0.717) is 17.0 Å². The van der Waals surface area contributed by atoms with Crippen LogP contribution in [0.4, 0.5) is 5.82 Å². The van der Waals surface area contributed by atoms with E-state index in [4.69, 9.17) is 11.6 Å². The van der Waals surface area contributed by atoms with E-state index >= 15 is 0 Å². The number of aromatic nitrogens is 4. The van der Waals surface area contributed by atoms with Crippen LogP contribution in [-0.4, -0.2) is 32.0 Å². The maximum atomic E-state index is 11.4. The minimum atomic E-state index is -0.160. The number of imidazole rings is 1. The summed E-state index contributed by atoms with van der Waals surface area (Å²) in [6.07, 6.45) is 3.54. The van der Waals surface area contributed by atoms with Crippen LogP contribution in [0.15, 0.2) is 6.33 Å². The van der Waals surface area contributed by atoms with Gasteiger partial charge in [-0.1, -0.05) is 13.3 Å². The van der Waals surface area contributed by atoms with Gasteiger partial charge < -0.3 is 5.32 Å². The molecule has 2 heterocycles. The second-order valence-corrected chi connectivity index (χ2v) is 4.27. The summed E-state index contributed by atoms with van der Waals surface area (Å²) < 4.78 is 1.36. The molecule has 0 spiro atoms. The number of nitrogens with one attached hydrogen (secondary N) is 1. The van der Waals surface area contributed by atoms with Crippen molar-refractivity contribution in [1.29, 1.82) is 0 Å². The lowest BCUT2D eigenvalue weighted by Crippen LogP contribution is -2.07. The van der Waals surface area contributed by atoms with E-state index in [2.05, 4.69) is 27.2 Å². The minimum Gasteiger partial charge on any atom is -0.368 e. The third-order valence-corrected chi connectivity index (χ3v) is 2.70. The van der Waals surface area contributed by atoms with Crippen molar-refractivity contribution in [2.75, 3.05) is 11.9 Å². The first-order chi connectivity index (χ1) is 8.63. The number of hydrogen-bond donors (Lipinski definition) is 1. The van der Waals surface area contributed by atoms with Gasteiger partial charge in [0, 0.05) is 13.5 Å². The molecule has 0 saturated heterocycles. The van der Waals surface area contributed by atoms with Gasteiger partial charge in [0.2, 0.25) is 11.2 Å². The third kappa shape index (κ3) is 2.43. The van der Waals surface area contributed by atoms with Crippen molar-refractivity contribution in [2.45, 2.75) is 26.7 Å². The van der Waals surface area contributed by atoms with E-state index in [1.807, 2.05) is 0 Å². The first kappa shape index (κ1) is 12.8. The normalized spacial score (nSPS) is 10.8. The van der Waals surface area contributed by atoms with E-state index in [9.17, 15) is 4.79 Å². The SMILES string of the molecule is CCCCNc1nc(Cl)nc2c1ncn2C(C)=O. The molecule has 96 valence electrons. The number of fused-ring (bicyclic) bond motifs is 1. The van der Waals surface area contributed by atoms with E-state index < -0.39 is 0 Å². The summed E-state index contributed by atoms with van der Waals surface area (Å²) in [6.45, 7) is 4.34. The lowest BCUT2D eigenvalue weighted by molar-refractivity contribution is 0.0940. The fraction of sp³-hybridized carbons (Fsp3) is 0.455. The molecule has 0 aliphatic carbocycles. The lowest BCUT2D eigenvalue weighted by Gasteiger charge is -2.05. The van der Waals surface area contributed by atoms with Gasteiger partial charge in [-0.25, -0.2) is 4.98 Å². The molecule has 0 atom stereocenters. The molecule has 7 heteroatoms. The Kier molecular flexibility index (Phi) is 3.76. The topological polar surface area (TPSA) is 72.7 Å².